The molecule has 2 aromatic heterocycles. The third kappa shape index (κ3) is 1.89. The Labute approximate surface area is 90.1 Å². The highest BCUT2D eigenvalue weighted by molar-refractivity contribution is 7.03. The smallest absolute Gasteiger partial charge is 0.271 e. The largest absolute Gasteiger partial charge is 0.339 e. The molecule has 2 aromatic rings. The van der Waals surface area contributed by atoms with E-state index >= 15 is 0 Å². The molecule has 0 amide bonds. The molecule has 0 spiro atoms. The summed E-state index contributed by atoms with van der Waals surface area (Å²) in [7, 11) is 3.41. The zero-order chi connectivity index (χ0) is 10.8. The van der Waals surface area contributed by atoms with Gasteiger partial charge in [0.25, 0.3) is 0 Å². The second-order valence-corrected chi connectivity index (χ2v) is 4.11. The fraction of sp³-hybridized carbons (Fsp3) is 0.222. The number of pyridine rings is 1. The molecule has 0 radical (unpaired) electrons. The summed E-state index contributed by atoms with van der Waals surface area (Å²) < 4.78 is 3.03. The molecule has 0 aromatic carbocycles. The van der Waals surface area contributed by atoms with Crippen LogP contribution in [0.2, 0.25) is 0 Å². The summed E-state index contributed by atoms with van der Waals surface area (Å²) in [5.41, 5.74) is -0.0744. The topological polar surface area (TPSA) is 52.2 Å². The summed E-state index contributed by atoms with van der Waals surface area (Å²) in [4.78, 5) is 20.4. The maximum Gasteiger partial charge on any atom is 0.339 e. The van der Waals surface area contributed by atoms with Crippen LogP contribution in [0.3, 0.4) is 0 Å². The van der Waals surface area contributed by atoms with Gasteiger partial charge >= 0.3 is 5.69 Å². The average molecular weight is 222 g/mol. The molecule has 15 heavy (non-hydrogen) atoms. The number of aromatic nitrogens is 3. The van der Waals surface area contributed by atoms with E-state index in [9.17, 15) is 4.79 Å². The van der Waals surface area contributed by atoms with Crippen molar-refractivity contribution in [2.75, 3.05) is 0 Å². The lowest BCUT2D eigenvalue weighted by molar-refractivity contribution is 0.764. The van der Waals surface area contributed by atoms with Gasteiger partial charge < -0.3 is 0 Å². The van der Waals surface area contributed by atoms with Crippen LogP contribution in [0.15, 0.2) is 34.2 Å². The van der Waals surface area contributed by atoms with Crippen LogP contribution in [0.4, 0.5) is 5.82 Å². The van der Waals surface area contributed by atoms with Crippen molar-refractivity contribution < 1.29 is 0 Å². The van der Waals surface area contributed by atoms with E-state index in [4.69, 9.17) is 0 Å². The van der Waals surface area contributed by atoms with Crippen molar-refractivity contribution >= 4 is 17.4 Å². The predicted molar refractivity (Wildman–Crippen MR) is 58.0 cm³/mol. The van der Waals surface area contributed by atoms with Gasteiger partial charge in [0, 0.05) is 20.3 Å². The fourth-order valence-corrected chi connectivity index (χ4v) is 1.91. The number of rotatable bonds is 1. The molecule has 6 heteroatoms. The van der Waals surface area contributed by atoms with Gasteiger partial charge in [0.1, 0.15) is 0 Å². The Morgan fingerprint density at radius 1 is 1.40 bits per heavy atom. The Morgan fingerprint density at radius 2 is 2.20 bits per heavy atom. The Kier molecular flexibility index (Phi) is 2.51. The van der Waals surface area contributed by atoms with E-state index in [-0.39, 0.29) is 5.69 Å². The van der Waals surface area contributed by atoms with Crippen molar-refractivity contribution in [3.05, 3.63) is 39.7 Å². The molecule has 2 heterocycles. The summed E-state index contributed by atoms with van der Waals surface area (Å²) >= 11 is 1.30. The molecule has 5 nitrogen and oxygen atoms in total. The average Bonchev–Trinajstić information content (AvgIpc) is 2.48. The van der Waals surface area contributed by atoms with Crippen molar-refractivity contribution in [3.8, 4) is 0 Å². The van der Waals surface area contributed by atoms with E-state index in [0.29, 0.717) is 10.6 Å². The number of hydrogen-bond donors (Lipinski definition) is 0. The first-order valence-electron chi connectivity index (χ1n) is 4.37. The molecular weight excluding hydrogens is 212 g/mol. The Hall–Kier alpha value is -1.69. The lowest BCUT2D eigenvalue weighted by Crippen LogP contribution is -2.25. The number of nitrogens with zero attached hydrogens (tertiary/aromatic N) is 4. The summed E-state index contributed by atoms with van der Waals surface area (Å²) in [6.07, 6.45) is 1.67. The molecular formula is C9H10N4OS. The zero-order valence-corrected chi connectivity index (χ0v) is 9.23. The summed E-state index contributed by atoms with van der Waals surface area (Å²) in [6, 6.07) is 5.48. The third-order valence-corrected chi connectivity index (χ3v) is 2.88. The van der Waals surface area contributed by atoms with Gasteiger partial charge in [0.2, 0.25) is 4.80 Å². The molecule has 0 aliphatic rings. The first kappa shape index (κ1) is 9.85. The van der Waals surface area contributed by atoms with E-state index in [2.05, 4.69) is 9.98 Å². The fourth-order valence-electron chi connectivity index (χ4n) is 1.13. The zero-order valence-electron chi connectivity index (χ0n) is 8.41. The Morgan fingerprint density at radius 3 is 2.73 bits per heavy atom. The van der Waals surface area contributed by atoms with Crippen LogP contribution >= 0.6 is 11.5 Å². The number of hydrogen-bond acceptors (Lipinski definition) is 4. The quantitative estimate of drug-likeness (QED) is 0.702. The molecule has 0 N–H and O–H groups in total. The Balaban J connectivity index is 2.60. The van der Waals surface area contributed by atoms with Crippen molar-refractivity contribution in [2.24, 2.45) is 19.1 Å². The highest BCUT2D eigenvalue weighted by Crippen LogP contribution is 2.02. The predicted octanol–water partition coefficient (Wildman–Crippen LogP) is 0.413. The first-order chi connectivity index (χ1) is 7.18. The van der Waals surface area contributed by atoms with E-state index in [1.807, 2.05) is 12.1 Å². The molecule has 0 unspecified atom stereocenters. The second kappa shape index (κ2) is 3.82. The highest BCUT2D eigenvalue weighted by Gasteiger charge is 2.00. The molecule has 0 bridgehead atoms. The maximum absolute atomic E-state index is 11.4. The monoisotopic (exact) mass is 222 g/mol. The van der Waals surface area contributed by atoms with Gasteiger partial charge in [-0.2, -0.15) is 4.99 Å². The highest BCUT2D eigenvalue weighted by atomic mass is 32.1. The van der Waals surface area contributed by atoms with Gasteiger partial charge in [-0.1, -0.05) is 6.07 Å². The van der Waals surface area contributed by atoms with Crippen molar-refractivity contribution in [1.29, 1.82) is 0 Å². The molecule has 2 rings (SSSR count). The molecule has 0 atom stereocenters. The van der Waals surface area contributed by atoms with Crippen molar-refractivity contribution in [1.82, 2.24) is 13.5 Å². The lowest BCUT2D eigenvalue weighted by atomic mass is 10.5. The van der Waals surface area contributed by atoms with Crippen molar-refractivity contribution in [2.45, 2.75) is 0 Å². The van der Waals surface area contributed by atoms with E-state index in [1.54, 1.807) is 26.4 Å². The molecule has 0 fully saturated rings. The van der Waals surface area contributed by atoms with Crippen LogP contribution in [-0.4, -0.2) is 13.5 Å². The maximum atomic E-state index is 11.4. The minimum atomic E-state index is -0.0744. The van der Waals surface area contributed by atoms with E-state index < -0.39 is 0 Å². The van der Waals surface area contributed by atoms with Gasteiger partial charge in [-0.25, -0.2) is 13.7 Å². The number of aryl methyl sites for hydroxylation is 1. The van der Waals surface area contributed by atoms with Crippen LogP contribution in [0.5, 0.6) is 0 Å². The molecule has 0 aliphatic heterocycles. The first-order valence-corrected chi connectivity index (χ1v) is 5.15. The van der Waals surface area contributed by atoms with Gasteiger partial charge in [0.05, 0.1) is 0 Å². The standard InChI is InChI=1S/C9H10N4OS/c1-12-8(15-13(2)9(12)14)11-7-5-3-4-6-10-7/h3-6H,1-2H3/b11-8-. The minimum absolute atomic E-state index is 0.0744. The Bertz CT molecular complexity index is 578. The molecule has 0 saturated carbocycles. The van der Waals surface area contributed by atoms with Gasteiger partial charge in [0.15, 0.2) is 5.82 Å². The third-order valence-electron chi connectivity index (χ3n) is 1.92. The normalized spacial score (nSPS) is 12.0. The SMILES string of the molecule is Cn1s/c(=N\c2ccccn2)n(C)c1=O. The van der Waals surface area contributed by atoms with Crippen LogP contribution < -0.4 is 10.5 Å². The van der Waals surface area contributed by atoms with Crippen LogP contribution in [0.1, 0.15) is 0 Å². The minimum Gasteiger partial charge on any atom is -0.271 e. The molecule has 0 aliphatic carbocycles. The van der Waals surface area contributed by atoms with Crippen molar-refractivity contribution in [3.63, 3.8) is 0 Å². The van der Waals surface area contributed by atoms with Gasteiger partial charge in [-0.3, -0.25) is 4.57 Å². The van der Waals surface area contributed by atoms with Crippen LogP contribution in [-0.2, 0) is 14.1 Å². The van der Waals surface area contributed by atoms with E-state index in [0.717, 1.165) is 0 Å². The van der Waals surface area contributed by atoms with Gasteiger partial charge in [-0.05, 0) is 23.7 Å². The lowest BCUT2D eigenvalue weighted by Gasteiger charge is -1.89. The second-order valence-electron chi connectivity index (χ2n) is 3.01. The van der Waals surface area contributed by atoms with E-state index in [1.165, 1.54) is 20.1 Å². The summed E-state index contributed by atoms with van der Waals surface area (Å²) in [6.45, 7) is 0. The van der Waals surface area contributed by atoms with Crippen LogP contribution in [0, 0.1) is 0 Å². The van der Waals surface area contributed by atoms with Crippen LogP contribution in [0.25, 0.3) is 0 Å². The van der Waals surface area contributed by atoms with Gasteiger partial charge in [-0.15, -0.1) is 0 Å². The summed E-state index contributed by atoms with van der Waals surface area (Å²) in [5, 5.41) is 0. The molecule has 0 saturated heterocycles. The summed E-state index contributed by atoms with van der Waals surface area (Å²) in [5.74, 6) is 0.606. The molecule has 78 valence electrons.